The van der Waals surface area contributed by atoms with Crippen molar-refractivity contribution in [3.05, 3.63) is 117 Å². The maximum absolute atomic E-state index is 4.74. The topological polar surface area (TPSA) is 31.8 Å². The van der Waals surface area contributed by atoms with Crippen LogP contribution < -0.4 is 58.8 Å². The number of hydrogen-bond donors (Lipinski definition) is 0. The zero-order chi connectivity index (χ0) is 36.3. The third kappa shape index (κ3) is 12.0. The zero-order valence-electron chi connectivity index (χ0n) is 33.8. The van der Waals surface area contributed by atoms with Gasteiger partial charge in [-0.15, -0.1) is 0 Å². The van der Waals surface area contributed by atoms with E-state index in [2.05, 4.69) is 174 Å². The van der Waals surface area contributed by atoms with Crippen LogP contribution in [0.5, 0.6) is 0 Å². The van der Waals surface area contributed by atoms with Gasteiger partial charge in [-0.1, -0.05) is 83.5 Å². The fourth-order valence-corrected chi connectivity index (χ4v) is 7.47. The predicted octanol–water partition coefficient (Wildman–Crippen LogP) is 1.24. The van der Waals surface area contributed by atoms with E-state index in [-0.39, 0.29) is 83.8 Å². The van der Waals surface area contributed by atoms with Crippen molar-refractivity contribution >= 4 is 51.4 Å². The van der Waals surface area contributed by atoms with Crippen LogP contribution in [0.2, 0.25) is 0 Å². The molecule has 0 amide bonds. The summed E-state index contributed by atoms with van der Waals surface area (Å²) in [6.07, 6.45) is 8.03. The van der Waals surface area contributed by atoms with Gasteiger partial charge in [-0.05, 0) is 131 Å². The first kappa shape index (κ1) is 56.1. The van der Waals surface area contributed by atoms with Gasteiger partial charge in [-0.25, -0.2) is 9.15 Å². The van der Waals surface area contributed by atoms with Gasteiger partial charge >= 0.3 is 11.6 Å². The molecule has 0 unspecified atom stereocenters. The Bertz CT molecular complexity index is 1870. The van der Waals surface area contributed by atoms with E-state index in [4.69, 9.17) is 9.97 Å². The summed E-state index contributed by atoms with van der Waals surface area (Å²) in [7, 11) is 0. The Labute approximate surface area is 390 Å². The third-order valence-electron chi connectivity index (χ3n) is 9.61. The largest absolute Gasteiger partial charge is 1.00 e. The molecule has 2 aromatic heterocycles. The first-order valence-corrected chi connectivity index (χ1v) is 18.8. The quantitative estimate of drug-likeness (QED) is 0.120. The average Bonchev–Trinajstić information content (AvgIpc) is 3.10. The van der Waals surface area contributed by atoms with Gasteiger partial charge in [0.15, 0.2) is 0 Å². The normalized spacial score (nSPS) is 11.2. The molecule has 5 rings (SSSR count). The summed E-state index contributed by atoms with van der Waals surface area (Å²) in [6.45, 7) is 24.8. The van der Waals surface area contributed by atoms with Crippen molar-refractivity contribution in [3.63, 3.8) is 0 Å². The summed E-state index contributed by atoms with van der Waals surface area (Å²) in [5, 5.41) is 0. The molecule has 0 saturated heterocycles. The van der Waals surface area contributed by atoms with Crippen LogP contribution in [0.3, 0.4) is 0 Å². The molecule has 0 aliphatic carbocycles. The second-order valence-corrected chi connectivity index (χ2v) is 15.3. The Morgan fingerprint density at radius 3 is 1.05 bits per heavy atom. The van der Waals surface area contributed by atoms with Crippen LogP contribution in [-0.4, -0.2) is 22.4 Å². The maximum Gasteiger partial charge on any atom is 0.327 e. The van der Waals surface area contributed by atoms with Crippen LogP contribution in [0, 0.1) is 6.92 Å². The standard InChI is InChI=1S/C45H53BrN4.4ClH.2Cu/c1-12-49(42-18-14-16-20-47-42)44-36(28(3)4)22-33(23-37(44)29(5)6)40-26-35(46)27-41(32(40)11)34-24-38(30(7)8)45(39(25-34)31(9)10)50(13-2)43-19-15-17-21-48-43;;;;;;/h12-31H,1-11H3;4*1H;;/q+2;;;;;;/p-4. The van der Waals surface area contributed by atoms with Crippen molar-refractivity contribution < 1.29 is 83.8 Å². The Hall–Kier alpha value is -2.02. The monoisotopic (exact) mass is 994 g/mol. The van der Waals surface area contributed by atoms with Crippen LogP contribution in [0.15, 0.2) is 89.7 Å². The van der Waals surface area contributed by atoms with E-state index in [1.165, 1.54) is 61.4 Å². The first-order chi connectivity index (χ1) is 23.9. The van der Waals surface area contributed by atoms with Gasteiger partial charge in [0, 0.05) is 73.0 Å². The average molecular weight is 999 g/mol. The van der Waals surface area contributed by atoms with Crippen molar-refractivity contribution in [1.82, 2.24) is 19.1 Å². The third-order valence-corrected chi connectivity index (χ3v) is 10.1. The van der Waals surface area contributed by atoms with E-state index in [1.807, 2.05) is 24.5 Å². The zero-order valence-corrected chi connectivity index (χ0v) is 40.3. The van der Waals surface area contributed by atoms with Gasteiger partial charge in [-0.2, -0.15) is 0 Å². The number of nitrogens with zero attached hydrogens (tertiary/aromatic N) is 4. The summed E-state index contributed by atoms with van der Waals surface area (Å²) < 4.78 is 5.60. The summed E-state index contributed by atoms with van der Waals surface area (Å²) in [5.41, 5.74) is 14.0. The molecular formula is C45H53BrCl4Cu2N4-2. The molecule has 0 atom stereocenters. The van der Waals surface area contributed by atoms with Gasteiger partial charge in [0.2, 0.25) is 0 Å². The van der Waals surface area contributed by atoms with Crippen LogP contribution in [0.4, 0.5) is 23.0 Å². The van der Waals surface area contributed by atoms with Gasteiger partial charge in [0.05, 0.1) is 12.4 Å². The molecule has 0 saturated carbocycles. The van der Waals surface area contributed by atoms with E-state index >= 15 is 0 Å². The van der Waals surface area contributed by atoms with Gasteiger partial charge in [0.1, 0.15) is 23.8 Å². The number of benzene rings is 3. The summed E-state index contributed by atoms with van der Waals surface area (Å²) in [6, 6.07) is 26.5. The van der Waals surface area contributed by atoms with Gasteiger partial charge in [-0.3, -0.25) is 0 Å². The second-order valence-electron chi connectivity index (χ2n) is 14.4. The molecule has 0 N–H and O–H groups in total. The fraction of sp³-hybridized carbons (Fsp3) is 0.333. The molecule has 0 aliphatic rings. The maximum atomic E-state index is 4.74. The molecule has 0 bridgehead atoms. The number of pyridine rings is 2. The minimum Gasteiger partial charge on any atom is -1.00 e. The Morgan fingerprint density at radius 2 is 0.821 bits per heavy atom. The molecule has 0 fully saturated rings. The van der Waals surface area contributed by atoms with Crippen molar-refractivity contribution in [3.8, 4) is 22.3 Å². The predicted molar refractivity (Wildman–Crippen MR) is 221 cm³/mol. The van der Waals surface area contributed by atoms with E-state index in [9.17, 15) is 0 Å². The van der Waals surface area contributed by atoms with Crippen molar-refractivity contribution in [2.75, 3.05) is 0 Å². The SMILES string of the molecule is CC=[N+](c1ccccn1)c1c(C(C)C)cc(-c2cc(Br)cc(-c3cc(C(C)C)c([N+](=CC)c4ccccn4)c(C(C)C)c3)c2C)cc1C(C)C.[Cl-].[Cl-].[Cl-].[Cl-].[Cu].[Cu]. The Balaban J connectivity index is 0. The van der Waals surface area contributed by atoms with Crippen LogP contribution in [0.1, 0.15) is 121 Å². The molecule has 56 heavy (non-hydrogen) atoms. The Morgan fingerprint density at radius 1 is 0.518 bits per heavy atom. The number of hydrogen-bond acceptors (Lipinski definition) is 2. The molecule has 312 valence electrons. The number of rotatable bonds is 10. The van der Waals surface area contributed by atoms with Crippen molar-refractivity contribution in [2.24, 2.45) is 0 Å². The number of aromatic nitrogens is 2. The minimum atomic E-state index is 0. The van der Waals surface area contributed by atoms with E-state index < -0.39 is 0 Å². The Kier molecular flexibility index (Phi) is 24.8. The summed E-state index contributed by atoms with van der Waals surface area (Å²) in [4.78, 5) is 9.47. The molecule has 2 heterocycles. The smallest absolute Gasteiger partial charge is 0.327 e. The van der Waals surface area contributed by atoms with Gasteiger partial charge < -0.3 is 49.6 Å². The van der Waals surface area contributed by atoms with E-state index in [0.29, 0.717) is 23.7 Å². The fourth-order valence-electron chi connectivity index (χ4n) is 7.01. The van der Waals surface area contributed by atoms with Crippen molar-refractivity contribution in [1.29, 1.82) is 0 Å². The van der Waals surface area contributed by atoms with Crippen LogP contribution in [-0.2, 0) is 34.1 Å². The molecule has 5 aromatic rings. The summed E-state index contributed by atoms with van der Waals surface area (Å²) >= 11 is 3.95. The van der Waals surface area contributed by atoms with Gasteiger partial charge in [0.25, 0.3) is 0 Å². The summed E-state index contributed by atoms with van der Waals surface area (Å²) in [5.74, 6) is 3.11. The van der Waals surface area contributed by atoms with Crippen LogP contribution in [0.25, 0.3) is 22.3 Å². The van der Waals surface area contributed by atoms with Crippen molar-refractivity contribution in [2.45, 2.75) is 99.8 Å². The molecule has 2 radical (unpaired) electrons. The van der Waals surface area contributed by atoms with E-state index in [1.54, 1.807) is 0 Å². The molecule has 11 heteroatoms. The molecule has 0 spiro atoms. The molecule has 0 aliphatic heterocycles. The molecule has 3 aromatic carbocycles. The minimum absolute atomic E-state index is 0. The van der Waals surface area contributed by atoms with Crippen LogP contribution >= 0.6 is 15.9 Å². The molecular weight excluding hydrogens is 945 g/mol. The first-order valence-electron chi connectivity index (χ1n) is 18.0. The van der Waals surface area contributed by atoms with E-state index in [0.717, 1.165) is 16.1 Å². The number of halogens is 5. The second kappa shape index (κ2) is 24.8. The molecule has 4 nitrogen and oxygen atoms in total.